The van der Waals surface area contributed by atoms with Gasteiger partial charge in [-0.3, -0.25) is 9.78 Å². The van der Waals surface area contributed by atoms with Crippen molar-refractivity contribution in [3.8, 4) is 0 Å². The Morgan fingerprint density at radius 1 is 1.21 bits per heavy atom. The first kappa shape index (κ1) is 11.4. The first-order chi connectivity index (χ1) is 9.18. The number of hydrogen-bond acceptors (Lipinski definition) is 2. The van der Waals surface area contributed by atoms with Crippen LogP contribution in [0, 0.1) is 23.7 Å². The van der Waals surface area contributed by atoms with Crippen LogP contribution < -0.4 is 0 Å². The van der Waals surface area contributed by atoms with Crippen LogP contribution in [0.1, 0.15) is 37.8 Å². The fourth-order valence-electron chi connectivity index (χ4n) is 5.42. The molecule has 3 nitrogen and oxygen atoms in total. The third-order valence-corrected chi connectivity index (χ3v) is 5.77. The highest BCUT2D eigenvalue weighted by molar-refractivity contribution is 5.71. The summed E-state index contributed by atoms with van der Waals surface area (Å²) in [5.41, 5.74) is 1.39. The Kier molecular flexibility index (Phi) is 2.30. The molecule has 0 radical (unpaired) electrons. The summed E-state index contributed by atoms with van der Waals surface area (Å²) in [5, 5.41) is 9.48. The third kappa shape index (κ3) is 1.57. The van der Waals surface area contributed by atoms with Crippen molar-refractivity contribution >= 4 is 5.97 Å². The molecule has 2 atom stereocenters. The first-order valence-corrected chi connectivity index (χ1v) is 7.32. The summed E-state index contributed by atoms with van der Waals surface area (Å²) in [5.74, 6) is 0.838. The van der Waals surface area contributed by atoms with Crippen LogP contribution in [0.25, 0.3) is 0 Å². The van der Waals surface area contributed by atoms with Crippen molar-refractivity contribution in [3.63, 3.8) is 0 Å². The van der Waals surface area contributed by atoms with Crippen molar-refractivity contribution in [1.82, 2.24) is 4.98 Å². The van der Waals surface area contributed by atoms with Gasteiger partial charge in [-0.25, -0.2) is 0 Å². The zero-order valence-corrected chi connectivity index (χ0v) is 11.0. The van der Waals surface area contributed by atoms with Gasteiger partial charge in [0.05, 0.1) is 5.92 Å². The van der Waals surface area contributed by atoms with E-state index >= 15 is 0 Å². The molecule has 5 rings (SSSR count). The molecule has 1 heterocycles. The van der Waals surface area contributed by atoms with E-state index < -0.39 is 5.97 Å². The Morgan fingerprint density at radius 3 is 2.53 bits per heavy atom. The van der Waals surface area contributed by atoms with Crippen molar-refractivity contribution in [2.45, 2.75) is 37.5 Å². The summed E-state index contributed by atoms with van der Waals surface area (Å²) in [6, 6.07) is 6.17. The summed E-state index contributed by atoms with van der Waals surface area (Å²) in [7, 11) is 0. The molecule has 2 unspecified atom stereocenters. The highest BCUT2D eigenvalue weighted by atomic mass is 16.4. The smallest absolute Gasteiger partial charge is 0.307 e. The summed E-state index contributed by atoms with van der Waals surface area (Å²) in [6.07, 6.45) is 7.43. The van der Waals surface area contributed by atoms with Crippen molar-refractivity contribution in [2.24, 2.45) is 23.7 Å². The van der Waals surface area contributed by atoms with Gasteiger partial charge in [-0.05, 0) is 62.0 Å². The van der Waals surface area contributed by atoms with Crippen molar-refractivity contribution in [1.29, 1.82) is 0 Å². The molecule has 100 valence electrons. The minimum atomic E-state index is -0.565. The summed E-state index contributed by atoms with van der Waals surface area (Å²) >= 11 is 0. The number of aliphatic carboxylic acids is 1. The maximum atomic E-state index is 11.5. The van der Waals surface area contributed by atoms with E-state index in [1.165, 1.54) is 12.1 Å². The van der Waals surface area contributed by atoms with E-state index in [0.717, 1.165) is 31.6 Å². The highest BCUT2D eigenvalue weighted by Crippen LogP contribution is 2.62. The maximum Gasteiger partial charge on any atom is 0.307 e. The molecule has 3 heteroatoms. The van der Waals surface area contributed by atoms with Gasteiger partial charge in [-0.15, -0.1) is 0 Å². The molecule has 0 saturated heterocycles. The van der Waals surface area contributed by atoms with Crippen LogP contribution >= 0.6 is 0 Å². The molecule has 0 spiro atoms. The molecule has 0 aromatic carbocycles. The molecular weight excluding hydrogens is 238 g/mol. The van der Waals surface area contributed by atoms with Crippen LogP contribution in [0.3, 0.4) is 0 Å². The van der Waals surface area contributed by atoms with Gasteiger partial charge in [-0.1, -0.05) is 6.07 Å². The molecule has 1 aromatic heterocycles. The zero-order chi connectivity index (χ0) is 13.0. The predicted molar refractivity (Wildman–Crippen MR) is 70.6 cm³/mol. The normalized spacial score (nSPS) is 43.4. The van der Waals surface area contributed by atoms with E-state index in [4.69, 9.17) is 0 Å². The molecule has 0 aliphatic heterocycles. The highest BCUT2D eigenvalue weighted by Gasteiger charge is 2.58. The lowest BCUT2D eigenvalue weighted by Crippen LogP contribution is -2.55. The van der Waals surface area contributed by atoms with Gasteiger partial charge >= 0.3 is 5.97 Å². The van der Waals surface area contributed by atoms with E-state index in [-0.39, 0.29) is 11.3 Å². The standard InChI is InChI=1S/C16H19NO2/c18-15(19)14-11-5-10-6-12(14)9-16(7-10,8-11)13-3-1-2-4-17-13/h1-4,10-12,14H,5-9H2,(H,18,19). The summed E-state index contributed by atoms with van der Waals surface area (Å²) in [4.78, 5) is 16.1. The molecule has 4 bridgehead atoms. The van der Waals surface area contributed by atoms with Crippen LogP contribution in [-0.2, 0) is 10.2 Å². The van der Waals surface area contributed by atoms with Gasteiger partial charge in [0.25, 0.3) is 0 Å². The Hall–Kier alpha value is -1.38. The largest absolute Gasteiger partial charge is 0.481 e. The molecule has 4 fully saturated rings. The topological polar surface area (TPSA) is 50.2 Å². The molecule has 1 N–H and O–H groups in total. The summed E-state index contributed by atoms with van der Waals surface area (Å²) < 4.78 is 0. The third-order valence-electron chi connectivity index (χ3n) is 5.77. The predicted octanol–water partition coefficient (Wildman–Crippen LogP) is 2.86. The maximum absolute atomic E-state index is 11.5. The van der Waals surface area contributed by atoms with Crippen molar-refractivity contribution in [3.05, 3.63) is 30.1 Å². The molecule has 1 aromatic rings. The van der Waals surface area contributed by atoms with Gasteiger partial charge in [0.1, 0.15) is 0 Å². The lowest BCUT2D eigenvalue weighted by atomic mass is 9.45. The zero-order valence-electron chi connectivity index (χ0n) is 11.0. The second-order valence-corrected chi connectivity index (χ2v) is 6.83. The number of pyridine rings is 1. The summed E-state index contributed by atoms with van der Waals surface area (Å²) in [6.45, 7) is 0. The number of hydrogen-bond donors (Lipinski definition) is 1. The van der Waals surface area contributed by atoms with E-state index in [9.17, 15) is 9.90 Å². The average Bonchev–Trinajstić information content (AvgIpc) is 2.38. The van der Waals surface area contributed by atoms with Crippen LogP contribution in [0.2, 0.25) is 0 Å². The molecule has 4 saturated carbocycles. The van der Waals surface area contributed by atoms with E-state index in [1.54, 1.807) is 0 Å². The van der Waals surface area contributed by atoms with Crippen molar-refractivity contribution < 1.29 is 9.90 Å². The molecule has 4 aliphatic rings. The number of carbonyl (C=O) groups is 1. The molecular formula is C16H19NO2. The Balaban J connectivity index is 1.73. The average molecular weight is 257 g/mol. The van der Waals surface area contributed by atoms with Gasteiger partial charge in [0, 0.05) is 17.3 Å². The number of carboxylic acid groups (broad SMARTS) is 1. The number of carboxylic acids is 1. The van der Waals surface area contributed by atoms with E-state index in [2.05, 4.69) is 17.1 Å². The number of nitrogens with zero attached hydrogens (tertiary/aromatic N) is 1. The monoisotopic (exact) mass is 257 g/mol. The minimum absolute atomic E-state index is 0.0895. The van der Waals surface area contributed by atoms with Crippen LogP contribution in [0.15, 0.2) is 24.4 Å². The Bertz CT molecular complexity index is 497. The second kappa shape index (κ2) is 3.81. The number of aromatic nitrogens is 1. The van der Waals surface area contributed by atoms with E-state index in [0.29, 0.717) is 11.8 Å². The van der Waals surface area contributed by atoms with Crippen molar-refractivity contribution in [2.75, 3.05) is 0 Å². The van der Waals surface area contributed by atoms with Gasteiger partial charge in [0.2, 0.25) is 0 Å². The number of rotatable bonds is 2. The van der Waals surface area contributed by atoms with Gasteiger partial charge in [-0.2, -0.15) is 0 Å². The Morgan fingerprint density at radius 2 is 1.95 bits per heavy atom. The second-order valence-electron chi connectivity index (χ2n) is 6.83. The lowest BCUT2D eigenvalue weighted by Gasteiger charge is -2.58. The molecule has 4 aliphatic carbocycles. The lowest BCUT2D eigenvalue weighted by molar-refractivity contribution is -0.157. The minimum Gasteiger partial charge on any atom is -0.481 e. The SMILES string of the molecule is O=C(O)C1C2CC3CC1CC(c1ccccn1)(C3)C2. The Labute approximate surface area is 113 Å². The van der Waals surface area contributed by atoms with E-state index in [1.807, 2.05) is 12.3 Å². The van der Waals surface area contributed by atoms with Gasteiger partial charge < -0.3 is 5.11 Å². The van der Waals surface area contributed by atoms with Gasteiger partial charge in [0.15, 0.2) is 0 Å². The van der Waals surface area contributed by atoms with Crippen LogP contribution in [-0.4, -0.2) is 16.1 Å². The first-order valence-electron chi connectivity index (χ1n) is 7.32. The quantitative estimate of drug-likeness (QED) is 0.886. The molecule has 19 heavy (non-hydrogen) atoms. The van der Waals surface area contributed by atoms with Crippen LogP contribution in [0.5, 0.6) is 0 Å². The fourth-order valence-corrected chi connectivity index (χ4v) is 5.42. The molecule has 0 amide bonds. The van der Waals surface area contributed by atoms with Crippen LogP contribution in [0.4, 0.5) is 0 Å². The fraction of sp³-hybridized carbons (Fsp3) is 0.625.